The zero-order chi connectivity index (χ0) is 14.9. The molecule has 0 saturated carbocycles. The molecule has 104 valence electrons. The lowest BCUT2D eigenvalue weighted by Gasteiger charge is -2.09. The first kappa shape index (κ1) is 15.4. The lowest BCUT2D eigenvalue weighted by molar-refractivity contribution is 0.102. The molecule has 2 N–H and O–H groups in total. The molecule has 0 aliphatic carbocycles. The van der Waals surface area contributed by atoms with Gasteiger partial charge in [0.05, 0.1) is 20.6 Å². The predicted octanol–water partition coefficient (Wildman–Crippen LogP) is 5.37. The Morgan fingerprint density at radius 1 is 1.10 bits per heavy atom. The first-order valence-electron chi connectivity index (χ1n) is 5.33. The summed E-state index contributed by atoms with van der Waals surface area (Å²) >= 11 is 20.8. The molecule has 0 atom stereocenters. The molecule has 7 heteroatoms. The lowest BCUT2D eigenvalue weighted by Crippen LogP contribution is -2.12. The van der Waals surface area contributed by atoms with Gasteiger partial charge in [-0.25, -0.2) is 0 Å². The van der Waals surface area contributed by atoms with Crippen molar-refractivity contribution >= 4 is 62.3 Å². The standard InChI is InChI=1S/C13H7BrCl3NO2/c14-6-1-2-11(19)8(3-6)13(20)18-7-4-9(15)12(17)10(16)5-7/h1-5,19H,(H,18,20). The summed E-state index contributed by atoms with van der Waals surface area (Å²) < 4.78 is 0.674. The SMILES string of the molecule is O=C(Nc1cc(Cl)c(Cl)c(Cl)c1)c1cc(Br)ccc1O. The normalized spacial score (nSPS) is 10.4. The quantitative estimate of drug-likeness (QED) is 0.672. The van der Waals surface area contributed by atoms with Crippen LogP contribution in [0.25, 0.3) is 0 Å². The molecule has 2 aromatic rings. The Labute approximate surface area is 138 Å². The van der Waals surface area contributed by atoms with Gasteiger partial charge in [-0.05, 0) is 30.3 Å². The van der Waals surface area contributed by atoms with Crippen molar-refractivity contribution in [1.82, 2.24) is 0 Å². The Bertz CT molecular complexity index is 668. The molecule has 0 bridgehead atoms. The second-order valence-electron chi connectivity index (χ2n) is 3.87. The zero-order valence-corrected chi connectivity index (χ0v) is 13.6. The van der Waals surface area contributed by atoms with Gasteiger partial charge in [0.15, 0.2) is 0 Å². The van der Waals surface area contributed by atoms with Gasteiger partial charge in [0.1, 0.15) is 5.75 Å². The van der Waals surface area contributed by atoms with Crippen molar-refractivity contribution < 1.29 is 9.90 Å². The fourth-order valence-electron chi connectivity index (χ4n) is 1.52. The summed E-state index contributed by atoms with van der Waals surface area (Å²) in [5.41, 5.74) is 0.510. The van der Waals surface area contributed by atoms with E-state index in [9.17, 15) is 9.90 Å². The lowest BCUT2D eigenvalue weighted by atomic mass is 10.2. The van der Waals surface area contributed by atoms with Crippen molar-refractivity contribution in [2.45, 2.75) is 0 Å². The van der Waals surface area contributed by atoms with E-state index >= 15 is 0 Å². The van der Waals surface area contributed by atoms with E-state index in [0.29, 0.717) is 10.2 Å². The van der Waals surface area contributed by atoms with Gasteiger partial charge in [-0.1, -0.05) is 50.7 Å². The van der Waals surface area contributed by atoms with Crippen LogP contribution in [0.5, 0.6) is 5.75 Å². The molecule has 20 heavy (non-hydrogen) atoms. The molecular formula is C13H7BrCl3NO2. The van der Waals surface area contributed by atoms with E-state index in [1.54, 1.807) is 6.07 Å². The maximum Gasteiger partial charge on any atom is 0.259 e. The van der Waals surface area contributed by atoms with Crippen LogP contribution in [0, 0.1) is 0 Å². The molecule has 0 aliphatic heterocycles. The number of carbonyl (C=O) groups excluding carboxylic acids is 1. The second kappa shape index (κ2) is 6.22. The predicted molar refractivity (Wildman–Crippen MR) is 85.2 cm³/mol. The number of anilines is 1. The van der Waals surface area contributed by atoms with E-state index in [4.69, 9.17) is 34.8 Å². The van der Waals surface area contributed by atoms with Crippen LogP contribution >= 0.6 is 50.7 Å². The van der Waals surface area contributed by atoms with Crippen LogP contribution in [0.2, 0.25) is 15.1 Å². The van der Waals surface area contributed by atoms with Crippen molar-refractivity contribution in [1.29, 1.82) is 0 Å². The maximum atomic E-state index is 12.1. The number of aromatic hydroxyl groups is 1. The number of hydrogen-bond donors (Lipinski definition) is 2. The largest absolute Gasteiger partial charge is 0.507 e. The Hall–Kier alpha value is -0.940. The summed E-state index contributed by atoms with van der Waals surface area (Å²) in [6.07, 6.45) is 0. The Morgan fingerprint density at radius 2 is 1.70 bits per heavy atom. The van der Waals surface area contributed by atoms with E-state index < -0.39 is 5.91 Å². The van der Waals surface area contributed by atoms with Gasteiger partial charge in [-0.3, -0.25) is 4.79 Å². The van der Waals surface area contributed by atoms with E-state index in [0.717, 1.165) is 0 Å². The Kier molecular flexibility index (Phi) is 4.81. The van der Waals surface area contributed by atoms with E-state index in [1.807, 2.05) is 0 Å². The zero-order valence-electron chi connectivity index (χ0n) is 9.75. The highest BCUT2D eigenvalue weighted by Crippen LogP contribution is 2.33. The number of hydrogen-bond acceptors (Lipinski definition) is 2. The number of nitrogens with one attached hydrogen (secondary N) is 1. The van der Waals surface area contributed by atoms with Crippen LogP contribution in [0.15, 0.2) is 34.8 Å². The summed E-state index contributed by atoms with van der Waals surface area (Å²) in [6.45, 7) is 0. The molecule has 2 rings (SSSR count). The third-order valence-corrected chi connectivity index (χ3v) is 4.14. The van der Waals surface area contributed by atoms with Crippen LogP contribution in [-0.4, -0.2) is 11.0 Å². The van der Waals surface area contributed by atoms with Crippen LogP contribution in [-0.2, 0) is 0 Å². The fourth-order valence-corrected chi connectivity index (χ4v) is 2.47. The number of halogens is 4. The fraction of sp³-hybridized carbons (Fsp3) is 0. The van der Waals surface area contributed by atoms with Crippen molar-refractivity contribution in [2.24, 2.45) is 0 Å². The van der Waals surface area contributed by atoms with E-state index in [2.05, 4.69) is 21.2 Å². The number of benzene rings is 2. The summed E-state index contributed by atoms with van der Waals surface area (Å²) in [6, 6.07) is 7.50. The number of phenolic OH excluding ortho intramolecular Hbond substituents is 1. The van der Waals surface area contributed by atoms with E-state index in [-0.39, 0.29) is 26.4 Å². The minimum absolute atomic E-state index is 0.126. The molecule has 0 aromatic heterocycles. The Balaban J connectivity index is 2.30. The van der Waals surface area contributed by atoms with Gasteiger partial charge >= 0.3 is 0 Å². The minimum Gasteiger partial charge on any atom is -0.507 e. The molecular weight excluding hydrogens is 388 g/mol. The van der Waals surface area contributed by atoms with E-state index in [1.165, 1.54) is 24.3 Å². The third kappa shape index (κ3) is 3.38. The van der Waals surface area contributed by atoms with Crippen molar-refractivity contribution in [3.8, 4) is 5.75 Å². The Morgan fingerprint density at radius 3 is 2.30 bits per heavy atom. The van der Waals surface area contributed by atoms with Gasteiger partial charge < -0.3 is 10.4 Å². The van der Waals surface area contributed by atoms with Gasteiger partial charge in [-0.15, -0.1) is 0 Å². The average molecular weight is 395 g/mol. The molecule has 2 aromatic carbocycles. The molecule has 0 heterocycles. The van der Waals surface area contributed by atoms with Gasteiger partial charge in [0.25, 0.3) is 5.91 Å². The molecule has 1 amide bonds. The molecule has 0 spiro atoms. The van der Waals surface area contributed by atoms with Gasteiger partial charge in [-0.2, -0.15) is 0 Å². The number of phenols is 1. The average Bonchev–Trinajstić information content (AvgIpc) is 2.38. The van der Waals surface area contributed by atoms with Crippen LogP contribution in [0.1, 0.15) is 10.4 Å². The number of rotatable bonds is 2. The van der Waals surface area contributed by atoms with Crippen LogP contribution < -0.4 is 5.32 Å². The summed E-state index contributed by atoms with van der Waals surface area (Å²) in [5.74, 6) is -0.616. The highest BCUT2D eigenvalue weighted by molar-refractivity contribution is 9.10. The molecule has 0 fully saturated rings. The summed E-state index contributed by atoms with van der Waals surface area (Å²) in [4.78, 5) is 12.1. The first-order valence-corrected chi connectivity index (χ1v) is 7.25. The van der Waals surface area contributed by atoms with Gasteiger partial charge in [0, 0.05) is 10.2 Å². The van der Waals surface area contributed by atoms with Crippen LogP contribution in [0.4, 0.5) is 5.69 Å². The van der Waals surface area contributed by atoms with Gasteiger partial charge in [0.2, 0.25) is 0 Å². The van der Waals surface area contributed by atoms with Crippen LogP contribution in [0.3, 0.4) is 0 Å². The topological polar surface area (TPSA) is 49.3 Å². The second-order valence-corrected chi connectivity index (χ2v) is 5.98. The molecule has 0 aliphatic rings. The first-order chi connectivity index (χ1) is 9.38. The van der Waals surface area contributed by atoms with Crippen molar-refractivity contribution in [2.75, 3.05) is 5.32 Å². The summed E-state index contributed by atoms with van der Waals surface area (Å²) in [7, 11) is 0. The van der Waals surface area contributed by atoms with Crippen molar-refractivity contribution in [3.63, 3.8) is 0 Å². The summed E-state index contributed by atoms with van der Waals surface area (Å²) in [5, 5.41) is 12.9. The number of carbonyl (C=O) groups is 1. The highest BCUT2D eigenvalue weighted by Gasteiger charge is 2.13. The third-order valence-electron chi connectivity index (χ3n) is 2.44. The molecule has 0 unspecified atom stereocenters. The molecule has 3 nitrogen and oxygen atoms in total. The highest BCUT2D eigenvalue weighted by atomic mass is 79.9. The maximum absolute atomic E-state index is 12.1. The smallest absolute Gasteiger partial charge is 0.259 e. The molecule has 0 saturated heterocycles. The number of amides is 1. The monoisotopic (exact) mass is 393 g/mol. The van der Waals surface area contributed by atoms with Crippen molar-refractivity contribution in [3.05, 3.63) is 55.4 Å². The molecule has 0 radical (unpaired) electrons. The minimum atomic E-state index is -0.488.